The van der Waals surface area contributed by atoms with Gasteiger partial charge < -0.3 is 10.2 Å². The summed E-state index contributed by atoms with van der Waals surface area (Å²) in [6.45, 7) is 2.10. The van der Waals surface area contributed by atoms with Gasteiger partial charge in [0, 0.05) is 12.6 Å². The molecule has 5 heteroatoms. The summed E-state index contributed by atoms with van der Waals surface area (Å²) in [5, 5.41) is 2.44. The van der Waals surface area contributed by atoms with E-state index in [2.05, 4.69) is 10.3 Å². The van der Waals surface area contributed by atoms with Crippen molar-refractivity contribution in [3.8, 4) is 0 Å². The molecule has 1 amide bonds. The Morgan fingerprint density at radius 3 is 3.15 bits per heavy atom. The number of oxazole rings is 1. The van der Waals surface area contributed by atoms with Crippen LogP contribution in [0.2, 0.25) is 0 Å². The zero-order valence-electron chi connectivity index (χ0n) is 7.28. The van der Waals surface area contributed by atoms with E-state index < -0.39 is 0 Å². The first-order valence-electron chi connectivity index (χ1n) is 3.82. The molecule has 0 fully saturated rings. The van der Waals surface area contributed by atoms with Crippen LogP contribution in [-0.2, 0) is 4.79 Å². The van der Waals surface area contributed by atoms with Gasteiger partial charge >= 0.3 is 6.01 Å². The van der Waals surface area contributed by atoms with Gasteiger partial charge in [-0.05, 0) is 6.92 Å². The summed E-state index contributed by atoms with van der Waals surface area (Å²) in [4.78, 5) is 14.9. The van der Waals surface area contributed by atoms with E-state index in [0.29, 0.717) is 6.54 Å². The molecule has 0 bridgehead atoms. The Balaban J connectivity index is 2.50. The number of aromatic nitrogens is 1. The molecule has 0 radical (unpaired) electrons. The maximum Gasteiger partial charge on any atom is 0.301 e. The molecular weight excluding hydrogens is 170 g/mol. The van der Waals surface area contributed by atoms with E-state index in [1.165, 1.54) is 12.3 Å². The molecule has 0 saturated carbocycles. The van der Waals surface area contributed by atoms with Crippen LogP contribution in [0.1, 0.15) is 5.69 Å². The molecule has 1 aromatic heterocycles. The second kappa shape index (κ2) is 4.42. The van der Waals surface area contributed by atoms with Crippen molar-refractivity contribution in [1.82, 2.24) is 4.98 Å². The number of nitrogens with one attached hydrogen (secondary N) is 1. The lowest BCUT2D eigenvalue weighted by molar-refractivity contribution is -0.112. The molecule has 0 aromatic carbocycles. The minimum absolute atomic E-state index is 0.198. The zero-order chi connectivity index (χ0) is 9.68. The highest BCUT2D eigenvalue weighted by Gasteiger charge is 2.02. The van der Waals surface area contributed by atoms with Crippen LogP contribution in [0.25, 0.3) is 0 Å². The molecule has 0 saturated heterocycles. The van der Waals surface area contributed by atoms with E-state index in [1.54, 1.807) is 13.0 Å². The zero-order valence-corrected chi connectivity index (χ0v) is 7.28. The van der Waals surface area contributed by atoms with E-state index >= 15 is 0 Å². The first-order chi connectivity index (χ1) is 6.22. The molecule has 1 rings (SSSR count). The van der Waals surface area contributed by atoms with Gasteiger partial charge in [-0.15, -0.1) is 0 Å². The minimum atomic E-state index is -0.299. The van der Waals surface area contributed by atoms with E-state index in [1.807, 2.05) is 0 Å². The number of hydrogen-bond acceptors (Lipinski definition) is 4. The van der Waals surface area contributed by atoms with Crippen LogP contribution in [-0.4, -0.2) is 17.4 Å². The average molecular weight is 181 g/mol. The van der Waals surface area contributed by atoms with Crippen LogP contribution >= 0.6 is 0 Å². The molecule has 0 aliphatic heterocycles. The SMILES string of the molecule is Cc1coc(NC(=O)/C=C/CN)n1. The Labute approximate surface area is 75.6 Å². The van der Waals surface area contributed by atoms with Crippen molar-refractivity contribution in [2.75, 3.05) is 11.9 Å². The van der Waals surface area contributed by atoms with Crippen LogP contribution in [0.15, 0.2) is 22.8 Å². The van der Waals surface area contributed by atoms with Gasteiger partial charge in [0.1, 0.15) is 6.26 Å². The molecular formula is C8H11N3O2. The topological polar surface area (TPSA) is 81.2 Å². The second-order valence-electron chi connectivity index (χ2n) is 2.42. The number of anilines is 1. The number of nitrogens with zero attached hydrogens (tertiary/aromatic N) is 1. The van der Waals surface area contributed by atoms with Gasteiger partial charge in [0.2, 0.25) is 0 Å². The molecule has 13 heavy (non-hydrogen) atoms. The highest BCUT2D eigenvalue weighted by molar-refractivity contribution is 5.97. The van der Waals surface area contributed by atoms with Crippen LogP contribution < -0.4 is 11.1 Å². The Hall–Kier alpha value is -1.62. The van der Waals surface area contributed by atoms with Crippen molar-refractivity contribution in [3.63, 3.8) is 0 Å². The summed E-state index contributed by atoms with van der Waals surface area (Å²) in [7, 11) is 0. The fourth-order valence-electron chi connectivity index (χ4n) is 0.734. The van der Waals surface area contributed by atoms with Gasteiger partial charge in [0.25, 0.3) is 5.91 Å². The largest absolute Gasteiger partial charge is 0.432 e. The smallest absolute Gasteiger partial charge is 0.301 e. The summed E-state index contributed by atoms with van der Waals surface area (Å²) >= 11 is 0. The number of carbonyl (C=O) groups is 1. The summed E-state index contributed by atoms with van der Waals surface area (Å²) in [6, 6.07) is 0.198. The number of nitrogens with two attached hydrogens (primary N) is 1. The summed E-state index contributed by atoms with van der Waals surface area (Å²) in [5.41, 5.74) is 5.89. The van der Waals surface area contributed by atoms with Crippen molar-refractivity contribution in [1.29, 1.82) is 0 Å². The maximum atomic E-state index is 11.0. The van der Waals surface area contributed by atoms with Crippen LogP contribution in [0.4, 0.5) is 6.01 Å². The van der Waals surface area contributed by atoms with E-state index in [-0.39, 0.29) is 11.9 Å². The Kier molecular flexibility index (Phi) is 3.22. The maximum absolute atomic E-state index is 11.0. The number of rotatable bonds is 3. The summed E-state index contributed by atoms with van der Waals surface area (Å²) < 4.78 is 4.91. The Bertz CT molecular complexity index is 317. The molecule has 0 atom stereocenters. The third-order valence-corrected chi connectivity index (χ3v) is 1.25. The molecule has 0 unspecified atom stereocenters. The number of amides is 1. The van der Waals surface area contributed by atoms with Gasteiger partial charge in [0.15, 0.2) is 0 Å². The number of hydrogen-bond donors (Lipinski definition) is 2. The standard InChI is InChI=1S/C8H11N3O2/c1-6-5-13-8(10-6)11-7(12)3-2-4-9/h2-3,5H,4,9H2,1H3,(H,10,11,12)/b3-2+. The fraction of sp³-hybridized carbons (Fsp3) is 0.250. The van der Waals surface area contributed by atoms with Crippen LogP contribution in [0, 0.1) is 6.92 Å². The molecule has 1 aromatic rings. The molecule has 0 aliphatic carbocycles. The minimum Gasteiger partial charge on any atom is -0.432 e. The predicted molar refractivity (Wildman–Crippen MR) is 48.1 cm³/mol. The third kappa shape index (κ3) is 3.08. The average Bonchev–Trinajstić information content (AvgIpc) is 2.48. The molecule has 1 heterocycles. The highest BCUT2D eigenvalue weighted by atomic mass is 16.4. The molecule has 0 spiro atoms. The molecule has 5 nitrogen and oxygen atoms in total. The van der Waals surface area contributed by atoms with Crippen LogP contribution in [0.3, 0.4) is 0 Å². The number of carbonyl (C=O) groups excluding carboxylic acids is 1. The van der Waals surface area contributed by atoms with E-state index in [4.69, 9.17) is 10.2 Å². The van der Waals surface area contributed by atoms with Crippen molar-refractivity contribution < 1.29 is 9.21 Å². The quantitative estimate of drug-likeness (QED) is 0.663. The third-order valence-electron chi connectivity index (χ3n) is 1.25. The first kappa shape index (κ1) is 9.47. The summed E-state index contributed by atoms with van der Waals surface area (Å²) in [5.74, 6) is -0.299. The lowest BCUT2D eigenvalue weighted by Gasteiger charge is -1.92. The van der Waals surface area contributed by atoms with Gasteiger partial charge in [-0.2, -0.15) is 4.98 Å². The summed E-state index contributed by atoms with van der Waals surface area (Å²) in [6.07, 6.45) is 4.34. The monoisotopic (exact) mass is 181 g/mol. The van der Waals surface area contributed by atoms with E-state index in [9.17, 15) is 4.79 Å². The lowest BCUT2D eigenvalue weighted by Crippen LogP contribution is -2.09. The van der Waals surface area contributed by atoms with Crippen molar-refractivity contribution in [3.05, 3.63) is 24.1 Å². The second-order valence-corrected chi connectivity index (χ2v) is 2.42. The van der Waals surface area contributed by atoms with Gasteiger partial charge in [-0.25, -0.2) is 0 Å². The normalized spacial score (nSPS) is 10.6. The fourth-order valence-corrected chi connectivity index (χ4v) is 0.734. The van der Waals surface area contributed by atoms with Crippen molar-refractivity contribution >= 4 is 11.9 Å². The Morgan fingerprint density at radius 1 is 1.85 bits per heavy atom. The lowest BCUT2D eigenvalue weighted by atomic mass is 10.5. The van der Waals surface area contributed by atoms with Gasteiger partial charge in [-0.3, -0.25) is 10.1 Å². The first-order valence-corrected chi connectivity index (χ1v) is 3.82. The van der Waals surface area contributed by atoms with E-state index in [0.717, 1.165) is 5.69 Å². The predicted octanol–water partition coefficient (Wildman–Crippen LogP) is 0.436. The van der Waals surface area contributed by atoms with Gasteiger partial charge in [0.05, 0.1) is 5.69 Å². The van der Waals surface area contributed by atoms with Crippen molar-refractivity contribution in [2.24, 2.45) is 5.73 Å². The molecule has 70 valence electrons. The molecule has 3 N–H and O–H groups in total. The number of aryl methyl sites for hydroxylation is 1. The highest BCUT2D eigenvalue weighted by Crippen LogP contribution is 2.05. The van der Waals surface area contributed by atoms with Crippen molar-refractivity contribution in [2.45, 2.75) is 6.92 Å². The Morgan fingerprint density at radius 2 is 2.62 bits per heavy atom. The van der Waals surface area contributed by atoms with Gasteiger partial charge in [-0.1, -0.05) is 6.08 Å². The molecule has 0 aliphatic rings. The van der Waals surface area contributed by atoms with Crippen LogP contribution in [0.5, 0.6) is 0 Å².